The van der Waals surface area contributed by atoms with Gasteiger partial charge in [-0.1, -0.05) is 13.8 Å². The number of sulfonamides is 1. The Morgan fingerprint density at radius 3 is 2.79 bits per heavy atom. The number of hydrogen-bond acceptors (Lipinski definition) is 5. The number of piperidine rings is 1. The van der Waals surface area contributed by atoms with E-state index in [9.17, 15) is 8.42 Å². The van der Waals surface area contributed by atoms with Crippen molar-refractivity contribution in [3.63, 3.8) is 0 Å². The molecule has 1 unspecified atom stereocenters. The molecule has 1 aliphatic rings. The van der Waals surface area contributed by atoms with Crippen LogP contribution >= 0.6 is 11.3 Å². The van der Waals surface area contributed by atoms with Crippen LogP contribution < -0.4 is 0 Å². The molecule has 5 nitrogen and oxygen atoms in total. The van der Waals surface area contributed by atoms with Crippen LogP contribution in [0.2, 0.25) is 0 Å². The van der Waals surface area contributed by atoms with Gasteiger partial charge in [-0.05, 0) is 18.8 Å². The van der Waals surface area contributed by atoms with Gasteiger partial charge in [0.1, 0.15) is 10.0 Å². The Labute approximate surface area is 119 Å². The minimum atomic E-state index is -3.09. The molecule has 2 rings (SSSR count). The molecule has 1 saturated heterocycles. The van der Waals surface area contributed by atoms with Crippen LogP contribution in [0.5, 0.6) is 0 Å². The van der Waals surface area contributed by atoms with Gasteiger partial charge < -0.3 is 0 Å². The van der Waals surface area contributed by atoms with Gasteiger partial charge in [0.2, 0.25) is 10.0 Å². The molecule has 0 amide bonds. The molecule has 1 fully saturated rings. The Hall–Kier alpha value is -0.530. The second kappa shape index (κ2) is 5.85. The van der Waals surface area contributed by atoms with Crippen LogP contribution in [0, 0.1) is 5.92 Å². The monoisotopic (exact) mass is 303 g/mol. The molecule has 0 aromatic carbocycles. The van der Waals surface area contributed by atoms with Gasteiger partial charge in [0.15, 0.2) is 0 Å². The van der Waals surface area contributed by atoms with Crippen molar-refractivity contribution in [2.45, 2.75) is 39.0 Å². The molecule has 0 radical (unpaired) electrons. The molecular weight excluding hydrogens is 282 g/mol. The van der Waals surface area contributed by atoms with Crippen molar-refractivity contribution in [1.29, 1.82) is 0 Å². The normalized spacial score (nSPS) is 22.0. The van der Waals surface area contributed by atoms with E-state index in [-0.39, 0.29) is 5.92 Å². The highest BCUT2D eigenvalue weighted by Crippen LogP contribution is 2.30. The zero-order valence-electron chi connectivity index (χ0n) is 11.7. The fraction of sp³-hybridized carbons (Fsp3) is 0.833. The first-order chi connectivity index (χ1) is 8.86. The first kappa shape index (κ1) is 14.9. The zero-order valence-corrected chi connectivity index (χ0v) is 13.3. The molecular formula is C12H21N3O2S2. The molecule has 0 saturated carbocycles. The largest absolute Gasteiger partial charge is 0.213 e. The fourth-order valence-electron chi connectivity index (χ4n) is 2.31. The van der Waals surface area contributed by atoms with E-state index in [0.29, 0.717) is 19.0 Å². The van der Waals surface area contributed by atoms with Crippen molar-refractivity contribution in [2.24, 2.45) is 5.92 Å². The molecule has 19 heavy (non-hydrogen) atoms. The maximum absolute atomic E-state index is 11.6. The highest BCUT2D eigenvalue weighted by atomic mass is 32.2. The van der Waals surface area contributed by atoms with E-state index in [1.807, 2.05) is 0 Å². The van der Waals surface area contributed by atoms with E-state index < -0.39 is 10.0 Å². The molecule has 1 aliphatic heterocycles. The summed E-state index contributed by atoms with van der Waals surface area (Å²) >= 11 is 1.64. The van der Waals surface area contributed by atoms with Gasteiger partial charge >= 0.3 is 0 Å². The standard InChI is InChI=1S/C12H21N3O2S2/c1-9(2)7-11-13-14-12(18-11)10-5-4-6-15(8-10)19(3,16)17/h9-10H,4-8H2,1-3H3. The van der Waals surface area contributed by atoms with Crippen molar-refractivity contribution in [1.82, 2.24) is 14.5 Å². The lowest BCUT2D eigenvalue weighted by Gasteiger charge is -2.29. The first-order valence-electron chi connectivity index (χ1n) is 6.63. The summed E-state index contributed by atoms with van der Waals surface area (Å²) in [6.45, 7) is 5.50. The van der Waals surface area contributed by atoms with Gasteiger partial charge in [-0.15, -0.1) is 21.5 Å². The summed E-state index contributed by atoms with van der Waals surface area (Å²) in [6.07, 6.45) is 4.12. The minimum absolute atomic E-state index is 0.210. The van der Waals surface area contributed by atoms with E-state index in [0.717, 1.165) is 29.3 Å². The molecule has 2 heterocycles. The molecule has 0 aliphatic carbocycles. The molecule has 0 N–H and O–H groups in total. The Morgan fingerprint density at radius 1 is 1.42 bits per heavy atom. The third-order valence-corrected chi connectivity index (χ3v) is 5.65. The van der Waals surface area contributed by atoms with Crippen molar-refractivity contribution >= 4 is 21.4 Å². The molecule has 7 heteroatoms. The van der Waals surface area contributed by atoms with Crippen LogP contribution in [-0.2, 0) is 16.4 Å². The Morgan fingerprint density at radius 2 is 2.16 bits per heavy atom. The second-order valence-corrected chi connectivity index (χ2v) is 8.67. The summed E-state index contributed by atoms with van der Waals surface area (Å²) in [5.74, 6) is 0.779. The van der Waals surface area contributed by atoms with Crippen LogP contribution in [0.25, 0.3) is 0 Å². The van der Waals surface area contributed by atoms with Crippen molar-refractivity contribution < 1.29 is 8.42 Å². The summed E-state index contributed by atoms with van der Waals surface area (Å²) < 4.78 is 24.8. The lowest BCUT2D eigenvalue weighted by Crippen LogP contribution is -2.38. The fourth-order valence-corrected chi connectivity index (χ4v) is 4.40. The Bertz CT molecular complexity index is 525. The number of rotatable bonds is 4. The van der Waals surface area contributed by atoms with Crippen molar-refractivity contribution in [3.8, 4) is 0 Å². The molecule has 1 aromatic rings. The van der Waals surface area contributed by atoms with Gasteiger partial charge in [-0.2, -0.15) is 0 Å². The maximum Gasteiger partial charge on any atom is 0.211 e. The molecule has 0 spiro atoms. The van der Waals surface area contributed by atoms with E-state index in [4.69, 9.17) is 0 Å². The van der Waals surface area contributed by atoms with Crippen LogP contribution in [-0.4, -0.2) is 42.3 Å². The first-order valence-corrected chi connectivity index (χ1v) is 9.30. The number of aromatic nitrogens is 2. The smallest absolute Gasteiger partial charge is 0.211 e. The zero-order chi connectivity index (χ0) is 14.0. The highest BCUT2D eigenvalue weighted by Gasteiger charge is 2.28. The Kier molecular flexibility index (Phi) is 4.58. The van der Waals surface area contributed by atoms with E-state index in [1.165, 1.54) is 6.26 Å². The average Bonchev–Trinajstić information content (AvgIpc) is 2.76. The quantitative estimate of drug-likeness (QED) is 0.852. The van der Waals surface area contributed by atoms with Crippen LogP contribution in [0.4, 0.5) is 0 Å². The maximum atomic E-state index is 11.6. The second-order valence-electron chi connectivity index (χ2n) is 5.59. The summed E-state index contributed by atoms with van der Waals surface area (Å²) in [5, 5.41) is 10.5. The average molecular weight is 303 g/mol. The van der Waals surface area contributed by atoms with Crippen LogP contribution in [0.15, 0.2) is 0 Å². The number of nitrogens with zero attached hydrogens (tertiary/aromatic N) is 3. The van der Waals surface area contributed by atoms with E-state index in [1.54, 1.807) is 15.6 Å². The summed E-state index contributed by atoms with van der Waals surface area (Å²) in [6, 6.07) is 0. The molecule has 108 valence electrons. The van der Waals surface area contributed by atoms with Gasteiger partial charge in [-0.25, -0.2) is 12.7 Å². The SMILES string of the molecule is CC(C)Cc1nnc(C2CCCN(S(C)(=O)=O)C2)s1. The lowest BCUT2D eigenvalue weighted by atomic mass is 10.0. The lowest BCUT2D eigenvalue weighted by molar-refractivity contribution is 0.316. The predicted octanol–water partition coefficient (Wildman–Crippen LogP) is 1.88. The molecule has 0 bridgehead atoms. The predicted molar refractivity (Wildman–Crippen MR) is 76.8 cm³/mol. The van der Waals surface area contributed by atoms with Gasteiger partial charge in [-0.3, -0.25) is 0 Å². The van der Waals surface area contributed by atoms with E-state index in [2.05, 4.69) is 24.0 Å². The topological polar surface area (TPSA) is 63.2 Å². The van der Waals surface area contributed by atoms with Crippen molar-refractivity contribution in [3.05, 3.63) is 10.0 Å². The minimum Gasteiger partial charge on any atom is -0.213 e. The van der Waals surface area contributed by atoms with Gasteiger partial charge in [0, 0.05) is 25.4 Å². The third kappa shape index (κ3) is 3.97. The van der Waals surface area contributed by atoms with Crippen molar-refractivity contribution in [2.75, 3.05) is 19.3 Å². The van der Waals surface area contributed by atoms with Crippen LogP contribution in [0.1, 0.15) is 42.6 Å². The molecule has 1 atom stereocenters. The number of hydrogen-bond donors (Lipinski definition) is 0. The molecule has 1 aromatic heterocycles. The van der Waals surface area contributed by atoms with Gasteiger partial charge in [0.25, 0.3) is 0 Å². The Balaban J connectivity index is 2.07. The highest BCUT2D eigenvalue weighted by molar-refractivity contribution is 7.88. The summed E-state index contributed by atoms with van der Waals surface area (Å²) in [7, 11) is -3.09. The van der Waals surface area contributed by atoms with E-state index >= 15 is 0 Å². The van der Waals surface area contributed by atoms with Gasteiger partial charge in [0.05, 0.1) is 6.26 Å². The summed E-state index contributed by atoms with van der Waals surface area (Å²) in [4.78, 5) is 0. The summed E-state index contributed by atoms with van der Waals surface area (Å²) in [5.41, 5.74) is 0. The third-order valence-electron chi connectivity index (χ3n) is 3.27. The van der Waals surface area contributed by atoms with Crippen LogP contribution in [0.3, 0.4) is 0 Å².